The highest BCUT2D eigenvalue weighted by molar-refractivity contribution is 5.78. The molecule has 0 aliphatic carbocycles. The van der Waals surface area contributed by atoms with Crippen molar-refractivity contribution in [1.82, 2.24) is 0 Å². The average molecular weight is 184 g/mol. The molecule has 2 atom stereocenters. The van der Waals surface area contributed by atoms with Gasteiger partial charge in [0.1, 0.15) is 5.78 Å². The van der Waals surface area contributed by atoms with E-state index in [-0.39, 0.29) is 5.92 Å². The summed E-state index contributed by atoms with van der Waals surface area (Å²) in [6.45, 7) is 8.17. The van der Waals surface area contributed by atoms with Gasteiger partial charge in [0.05, 0.1) is 0 Å². The van der Waals surface area contributed by atoms with Crippen LogP contribution in [0.4, 0.5) is 0 Å². The molecule has 0 aliphatic rings. The molecule has 78 valence electrons. The molecule has 0 saturated heterocycles. The summed E-state index contributed by atoms with van der Waals surface area (Å²) in [5.74, 6) is 1.15. The van der Waals surface area contributed by atoms with Gasteiger partial charge in [0.15, 0.2) is 0 Å². The number of hydrogen-bond acceptors (Lipinski definition) is 1. The summed E-state index contributed by atoms with van der Waals surface area (Å²) in [7, 11) is 0. The zero-order chi connectivity index (χ0) is 10.3. The second-order valence-electron chi connectivity index (χ2n) is 4.23. The van der Waals surface area contributed by atoms with Gasteiger partial charge < -0.3 is 0 Å². The smallest absolute Gasteiger partial charge is 0.132 e. The minimum absolute atomic E-state index is 0.252. The monoisotopic (exact) mass is 184 g/mol. The lowest BCUT2D eigenvalue weighted by molar-refractivity contribution is -0.121. The molecule has 0 heterocycles. The van der Waals surface area contributed by atoms with E-state index in [1.807, 2.05) is 6.92 Å². The van der Waals surface area contributed by atoms with E-state index in [4.69, 9.17) is 0 Å². The summed E-state index contributed by atoms with van der Waals surface area (Å²) in [5, 5.41) is 0. The van der Waals surface area contributed by atoms with E-state index in [0.717, 1.165) is 0 Å². The number of Topliss-reactive ketones (excluding diaryl/α,β-unsaturated/α-hetero) is 1. The van der Waals surface area contributed by atoms with Crippen molar-refractivity contribution in [2.24, 2.45) is 11.8 Å². The van der Waals surface area contributed by atoms with E-state index < -0.39 is 0 Å². The predicted octanol–water partition coefficient (Wildman–Crippen LogP) is 3.82. The number of hydrogen-bond donors (Lipinski definition) is 0. The highest BCUT2D eigenvalue weighted by Gasteiger charge is 2.15. The molecule has 0 fully saturated rings. The molecule has 0 spiro atoms. The molecule has 2 unspecified atom stereocenters. The third-order valence-corrected chi connectivity index (χ3v) is 3.01. The first-order valence-electron chi connectivity index (χ1n) is 5.60. The fraction of sp³-hybridized carbons (Fsp3) is 0.917. The summed E-state index contributed by atoms with van der Waals surface area (Å²) in [5.41, 5.74) is 0. The van der Waals surface area contributed by atoms with Crippen LogP contribution in [0.25, 0.3) is 0 Å². The van der Waals surface area contributed by atoms with Crippen molar-refractivity contribution < 1.29 is 4.79 Å². The van der Waals surface area contributed by atoms with Gasteiger partial charge >= 0.3 is 0 Å². The first-order valence-corrected chi connectivity index (χ1v) is 5.60. The van der Waals surface area contributed by atoms with Crippen molar-refractivity contribution in [3.63, 3.8) is 0 Å². The topological polar surface area (TPSA) is 17.1 Å². The van der Waals surface area contributed by atoms with Crippen LogP contribution in [-0.2, 0) is 4.79 Å². The Morgan fingerprint density at radius 2 is 1.77 bits per heavy atom. The molecule has 0 aliphatic heterocycles. The zero-order valence-electron chi connectivity index (χ0n) is 9.60. The normalized spacial score (nSPS) is 15.4. The third-order valence-electron chi connectivity index (χ3n) is 3.01. The lowest BCUT2D eigenvalue weighted by atomic mass is 9.88. The molecule has 0 N–H and O–H groups in total. The molecular weight excluding hydrogens is 160 g/mol. The maximum Gasteiger partial charge on any atom is 0.132 e. The third kappa shape index (κ3) is 5.84. The van der Waals surface area contributed by atoms with Crippen LogP contribution in [0.3, 0.4) is 0 Å². The molecular formula is C12H24O. The predicted molar refractivity (Wildman–Crippen MR) is 57.8 cm³/mol. The Morgan fingerprint density at radius 1 is 1.15 bits per heavy atom. The van der Waals surface area contributed by atoms with Crippen LogP contribution < -0.4 is 0 Å². The number of unbranched alkanes of at least 4 members (excludes halogenated alkanes) is 3. The van der Waals surface area contributed by atoms with Crippen molar-refractivity contribution in [3.8, 4) is 0 Å². The molecule has 0 aromatic rings. The first kappa shape index (κ1) is 12.7. The Morgan fingerprint density at radius 3 is 2.23 bits per heavy atom. The lowest BCUT2D eigenvalue weighted by Crippen LogP contribution is -2.15. The molecule has 13 heavy (non-hydrogen) atoms. The molecule has 0 saturated carbocycles. The molecule has 0 amide bonds. The maximum absolute atomic E-state index is 11.1. The van der Waals surface area contributed by atoms with Crippen molar-refractivity contribution in [3.05, 3.63) is 0 Å². The Hall–Kier alpha value is -0.330. The van der Waals surface area contributed by atoms with Crippen LogP contribution in [0.2, 0.25) is 0 Å². The second kappa shape index (κ2) is 7.11. The summed E-state index contributed by atoms with van der Waals surface area (Å²) in [6.07, 6.45) is 6.44. The number of carbonyl (C=O) groups is 1. The molecule has 0 radical (unpaired) electrons. The Kier molecular flexibility index (Phi) is 6.93. The molecule has 0 rings (SSSR count). The highest BCUT2D eigenvalue weighted by Crippen LogP contribution is 2.19. The van der Waals surface area contributed by atoms with E-state index >= 15 is 0 Å². The fourth-order valence-corrected chi connectivity index (χ4v) is 1.54. The van der Waals surface area contributed by atoms with Crippen LogP contribution in [0.1, 0.15) is 59.8 Å². The van der Waals surface area contributed by atoms with Crippen LogP contribution in [0.5, 0.6) is 0 Å². The Labute approximate surface area is 82.9 Å². The van der Waals surface area contributed by atoms with Gasteiger partial charge in [-0.15, -0.1) is 0 Å². The summed E-state index contributed by atoms with van der Waals surface area (Å²) in [6, 6.07) is 0. The molecule has 1 heteroatoms. The van der Waals surface area contributed by atoms with Crippen molar-refractivity contribution in [2.75, 3.05) is 0 Å². The molecule has 0 aromatic carbocycles. The summed E-state index contributed by atoms with van der Waals surface area (Å²) < 4.78 is 0. The van der Waals surface area contributed by atoms with Crippen molar-refractivity contribution >= 4 is 5.78 Å². The molecule has 0 aromatic heterocycles. The van der Waals surface area contributed by atoms with Gasteiger partial charge in [0.25, 0.3) is 0 Å². The number of carbonyl (C=O) groups excluding carboxylic acids is 1. The first-order chi connectivity index (χ1) is 6.09. The fourth-order valence-electron chi connectivity index (χ4n) is 1.54. The summed E-state index contributed by atoms with van der Waals surface area (Å²) in [4.78, 5) is 11.1. The minimum Gasteiger partial charge on any atom is -0.300 e. The van der Waals surface area contributed by atoms with Gasteiger partial charge in [-0.3, -0.25) is 4.79 Å². The lowest BCUT2D eigenvalue weighted by Gasteiger charge is -2.16. The molecule has 0 bridgehead atoms. The quantitative estimate of drug-likeness (QED) is 0.550. The van der Waals surface area contributed by atoms with Gasteiger partial charge in [-0.2, -0.15) is 0 Å². The largest absolute Gasteiger partial charge is 0.300 e. The zero-order valence-corrected chi connectivity index (χ0v) is 9.60. The van der Waals surface area contributed by atoms with E-state index in [1.54, 1.807) is 6.92 Å². The maximum atomic E-state index is 11.1. The summed E-state index contributed by atoms with van der Waals surface area (Å²) >= 11 is 0. The van der Waals surface area contributed by atoms with E-state index in [2.05, 4.69) is 13.8 Å². The SMILES string of the molecule is CCCCCCC(C)C(C)C(C)=O. The van der Waals surface area contributed by atoms with E-state index in [0.29, 0.717) is 11.7 Å². The number of rotatable bonds is 7. The van der Waals surface area contributed by atoms with Gasteiger partial charge in [-0.25, -0.2) is 0 Å². The molecule has 1 nitrogen and oxygen atoms in total. The van der Waals surface area contributed by atoms with E-state index in [1.165, 1.54) is 32.1 Å². The standard InChI is InChI=1S/C12H24O/c1-5-6-7-8-9-10(2)11(3)12(4)13/h10-11H,5-9H2,1-4H3. The van der Waals surface area contributed by atoms with Crippen LogP contribution in [0, 0.1) is 11.8 Å². The van der Waals surface area contributed by atoms with E-state index in [9.17, 15) is 4.79 Å². The second-order valence-corrected chi connectivity index (χ2v) is 4.23. The van der Waals surface area contributed by atoms with Crippen LogP contribution in [-0.4, -0.2) is 5.78 Å². The Balaban J connectivity index is 3.50. The van der Waals surface area contributed by atoms with Crippen LogP contribution >= 0.6 is 0 Å². The number of ketones is 1. The van der Waals surface area contributed by atoms with Gasteiger partial charge in [-0.05, 0) is 12.8 Å². The Bertz CT molecular complexity index is 140. The van der Waals surface area contributed by atoms with Gasteiger partial charge in [0.2, 0.25) is 0 Å². The van der Waals surface area contributed by atoms with Gasteiger partial charge in [0, 0.05) is 5.92 Å². The van der Waals surface area contributed by atoms with Crippen molar-refractivity contribution in [2.45, 2.75) is 59.8 Å². The van der Waals surface area contributed by atoms with Gasteiger partial charge in [-0.1, -0.05) is 52.9 Å². The van der Waals surface area contributed by atoms with Crippen LogP contribution in [0.15, 0.2) is 0 Å². The van der Waals surface area contributed by atoms with Crippen molar-refractivity contribution in [1.29, 1.82) is 0 Å². The minimum atomic E-state index is 0.252. The average Bonchev–Trinajstić information content (AvgIpc) is 2.10. The highest BCUT2D eigenvalue weighted by atomic mass is 16.1.